The van der Waals surface area contributed by atoms with Crippen molar-refractivity contribution in [3.63, 3.8) is 0 Å². The van der Waals surface area contributed by atoms with Crippen LogP contribution in [0.25, 0.3) is 15.9 Å². The molecule has 2 aromatic heterocycles. The number of nitrogens with zero attached hydrogens (tertiary/aromatic N) is 5. The summed E-state index contributed by atoms with van der Waals surface area (Å²) in [5.41, 5.74) is 0.468. The van der Waals surface area contributed by atoms with Crippen LogP contribution in [0.15, 0.2) is 30.7 Å². The lowest BCUT2D eigenvalue weighted by atomic mass is 10.1. The Morgan fingerprint density at radius 1 is 1.36 bits per heavy atom. The molecule has 8 heteroatoms. The SMILES string of the molecule is [C-]#[N+]c1cc(F)c(N(CC#C)[C@@H]2CCN(c3ncnc4[nH]ccc34)C2)c(F)c1. The Labute approximate surface area is 160 Å². The maximum atomic E-state index is 14.6. The zero-order chi connectivity index (χ0) is 19.7. The third-order valence-corrected chi connectivity index (χ3v) is 4.92. The van der Waals surface area contributed by atoms with E-state index in [2.05, 4.69) is 30.6 Å². The van der Waals surface area contributed by atoms with Crippen molar-refractivity contribution < 1.29 is 8.78 Å². The van der Waals surface area contributed by atoms with Crippen LogP contribution in [-0.4, -0.2) is 40.6 Å². The van der Waals surface area contributed by atoms with Gasteiger partial charge in [0.1, 0.15) is 35.1 Å². The summed E-state index contributed by atoms with van der Waals surface area (Å²) in [5.74, 6) is 1.70. The van der Waals surface area contributed by atoms with Gasteiger partial charge in [-0.3, -0.25) is 0 Å². The van der Waals surface area contributed by atoms with Gasteiger partial charge in [-0.25, -0.2) is 23.6 Å². The van der Waals surface area contributed by atoms with Gasteiger partial charge < -0.3 is 14.8 Å². The lowest BCUT2D eigenvalue weighted by Gasteiger charge is -2.30. The topological polar surface area (TPSA) is 52.4 Å². The summed E-state index contributed by atoms with van der Waals surface area (Å²) < 4.78 is 29.2. The highest BCUT2D eigenvalue weighted by Crippen LogP contribution is 2.33. The molecule has 1 aliphatic rings. The molecule has 0 aliphatic carbocycles. The number of hydrogen-bond acceptors (Lipinski definition) is 4. The van der Waals surface area contributed by atoms with Gasteiger partial charge in [0.2, 0.25) is 0 Å². The van der Waals surface area contributed by atoms with Crippen LogP contribution in [0.1, 0.15) is 6.42 Å². The van der Waals surface area contributed by atoms with Crippen molar-refractivity contribution in [1.29, 1.82) is 0 Å². The molecule has 1 atom stereocenters. The number of nitrogens with one attached hydrogen (secondary N) is 1. The Bertz CT molecular complexity index is 1090. The van der Waals surface area contributed by atoms with Gasteiger partial charge in [-0.2, -0.15) is 0 Å². The van der Waals surface area contributed by atoms with E-state index in [9.17, 15) is 8.78 Å². The van der Waals surface area contributed by atoms with Gasteiger partial charge in [0.25, 0.3) is 0 Å². The average molecular weight is 378 g/mol. The highest BCUT2D eigenvalue weighted by atomic mass is 19.1. The minimum Gasteiger partial charge on any atom is -0.354 e. The van der Waals surface area contributed by atoms with E-state index < -0.39 is 11.6 Å². The summed E-state index contributed by atoms with van der Waals surface area (Å²) in [4.78, 5) is 18.4. The highest BCUT2D eigenvalue weighted by molar-refractivity contribution is 5.87. The number of rotatable bonds is 4. The fourth-order valence-electron chi connectivity index (χ4n) is 3.68. The molecule has 3 heterocycles. The minimum absolute atomic E-state index is 0.0626. The van der Waals surface area contributed by atoms with Gasteiger partial charge in [-0.1, -0.05) is 5.92 Å². The molecule has 28 heavy (non-hydrogen) atoms. The number of hydrogen-bond donors (Lipinski definition) is 1. The molecule has 4 rings (SSSR count). The molecule has 1 aromatic carbocycles. The number of fused-ring (bicyclic) bond motifs is 1. The van der Waals surface area contributed by atoms with Crippen molar-refractivity contribution in [2.75, 3.05) is 29.4 Å². The van der Waals surface area contributed by atoms with Gasteiger partial charge in [-0.05, 0) is 24.6 Å². The van der Waals surface area contributed by atoms with Crippen LogP contribution in [0.5, 0.6) is 0 Å². The number of aromatic nitrogens is 3. The van der Waals surface area contributed by atoms with Gasteiger partial charge >= 0.3 is 0 Å². The van der Waals surface area contributed by atoms with Crippen LogP contribution >= 0.6 is 0 Å². The van der Waals surface area contributed by atoms with Crippen LogP contribution in [0, 0.1) is 30.6 Å². The average Bonchev–Trinajstić information content (AvgIpc) is 3.35. The van der Waals surface area contributed by atoms with Crippen molar-refractivity contribution in [3.05, 3.63) is 53.8 Å². The lowest BCUT2D eigenvalue weighted by Crippen LogP contribution is -2.39. The Morgan fingerprint density at radius 3 is 2.86 bits per heavy atom. The molecule has 6 nitrogen and oxygen atoms in total. The minimum atomic E-state index is -0.783. The van der Waals surface area contributed by atoms with E-state index in [0.717, 1.165) is 29.0 Å². The largest absolute Gasteiger partial charge is 0.354 e. The quantitative estimate of drug-likeness (QED) is 0.558. The number of halogens is 2. The Kier molecular flexibility index (Phi) is 4.54. The van der Waals surface area contributed by atoms with E-state index in [4.69, 9.17) is 13.0 Å². The molecule has 1 aliphatic heterocycles. The van der Waals surface area contributed by atoms with Crippen molar-refractivity contribution in [3.8, 4) is 12.3 Å². The monoisotopic (exact) mass is 378 g/mol. The molecule has 1 saturated heterocycles. The summed E-state index contributed by atoms with van der Waals surface area (Å²) in [6.07, 6.45) is 9.43. The zero-order valence-electron chi connectivity index (χ0n) is 14.9. The van der Waals surface area contributed by atoms with E-state index >= 15 is 0 Å². The maximum Gasteiger partial charge on any atom is 0.193 e. The first-order valence-electron chi connectivity index (χ1n) is 8.72. The normalized spacial score (nSPS) is 16.1. The lowest BCUT2D eigenvalue weighted by molar-refractivity contribution is 0.557. The Balaban J connectivity index is 1.65. The Hall–Kier alpha value is -3.65. The molecule has 140 valence electrons. The van der Waals surface area contributed by atoms with Crippen molar-refractivity contribution in [1.82, 2.24) is 15.0 Å². The van der Waals surface area contributed by atoms with Crippen LogP contribution in [0.2, 0.25) is 0 Å². The van der Waals surface area contributed by atoms with E-state index in [0.29, 0.717) is 19.5 Å². The first kappa shape index (κ1) is 17.7. The van der Waals surface area contributed by atoms with Crippen LogP contribution in [-0.2, 0) is 0 Å². The zero-order valence-corrected chi connectivity index (χ0v) is 14.9. The number of H-pyrrole nitrogens is 1. The molecular formula is C20H16F2N6. The molecule has 0 unspecified atom stereocenters. The first-order valence-corrected chi connectivity index (χ1v) is 8.72. The molecule has 0 saturated carbocycles. The van der Waals surface area contributed by atoms with Crippen molar-refractivity contribution in [2.45, 2.75) is 12.5 Å². The summed E-state index contributed by atoms with van der Waals surface area (Å²) in [7, 11) is 0. The van der Waals surface area contributed by atoms with E-state index in [1.807, 2.05) is 6.07 Å². The van der Waals surface area contributed by atoms with Crippen LogP contribution < -0.4 is 9.80 Å². The predicted molar refractivity (Wildman–Crippen MR) is 103 cm³/mol. The Morgan fingerprint density at radius 2 is 2.14 bits per heavy atom. The van der Waals surface area contributed by atoms with Gasteiger partial charge in [0, 0.05) is 25.3 Å². The van der Waals surface area contributed by atoms with Crippen molar-refractivity contribution >= 4 is 28.2 Å². The number of benzene rings is 1. The third-order valence-electron chi connectivity index (χ3n) is 4.92. The van der Waals surface area contributed by atoms with Gasteiger partial charge in [0.15, 0.2) is 5.69 Å². The van der Waals surface area contributed by atoms with Crippen LogP contribution in [0.4, 0.5) is 26.0 Å². The summed E-state index contributed by atoms with van der Waals surface area (Å²) >= 11 is 0. The highest BCUT2D eigenvalue weighted by Gasteiger charge is 2.32. The number of aromatic amines is 1. The molecule has 0 amide bonds. The summed E-state index contributed by atoms with van der Waals surface area (Å²) in [5, 5.41) is 0.894. The summed E-state index contributed by atoms with van der Waals surface area (Å²) in [6, 6.07) is 3.78. The molecule has 0 spiro atoms. The summed E-state index contributed by atoms with van der Waals surface area (Å²) in [6.45, 7) is 8.21. The number of anilines is 2. The fourth-order valence-corrected chi connectivity index (χ4v) is 3.68. The van der Waals surface area contributed by atoms with Gasteiger partial charge in [-0.15, -0.1) is 6.42 Å². The van der Waals surface area contributed by atoms with E-state index in [1.165, 1.54) is 6.33 Å². The van der Waals surface area contributed by atoms with Gasteiger partial charge in [0.05, 0.1) is 18.5 Å². The molecule has 0 radical (unpaired) electrons. The number of terminal acetylenes is 1. The predicted octanol–water partition coefficient (Wildman–Crippen LogP) is 3.51. The smallest absolute Gasteiger partial charge is 0.193 e. The fraction of sp³-hybridized carbons (Fsp3) is 0.250. The van der Waals surface area contributed by atoms with Crippen molar-refractivity contribution in [2.24, 2.45) is 0 Å². The first-order chi connectivity index (χ1) is 13.6. The second kappa shape index (κ2) is 7.16. The molecule has 1 fully saturated rings. The van der Waals surface area contributed by atoms with Crippen LogP contribution in [0.3, 0.4) is 0 Å². The molecule has 3 aromatic rings. The second-order valence-electron chi connectivity index (χ2n) is 6.53. The third kappa shape index (κ3) is 2.99. The standard InChI is InChI=1S/C20H16F2N6/c1-3-7-28(18-16(21)9-13(23-2)10-17(18)22)14-5-8-27(11-14)20-15-4-6-24-19(15)25-12-26-20/h1,4,6,9-10,12,14H,5,7-8,11H2,(H,24,25,26)/t14-/m1/s1. The van der Waals surface area contributed by atoms with E-state index in [-0.39, 0.29) is 24.0 Å². The molecule has 1 N–H and O–H groups in total. The second-order valence-corrected chi connectivity index (χ2v) is 6.53. The molecule has 0 bridgehead atoms. The molecular weight excluding hydrogens is 362 g/mol. The maximum absolute atomic E-state index is 14.6. The van der Waals surface area contributed by atoms with E-state index in [1.54, 1.807) is 11.1 Å².